The average Bonchev–Trinajstić information content (AvgIpc) is 3.00. The lowest BCUT2D eigenvalue weighted by molar-refractivity contribution is -0.140. The molecule has 0 spiro atoms. The summed E-state index contributed by atoms with van der Waals surface area (Å²) in [6, 6.07) is 4.23. The first-order chi connectivity index (χ1) is 9.10. The van der Waals surface area contributed by atoms with Gasteiger partial charge in [-0.3, -0.25) is 4.79 Å². The highest BCUT2D eigenvalue weighted by atomic mass is 16.4. The molecule has 1 aromatic rings. The molecule has 3 nitrogen and oxygen atoms in total. The van der Waals surface area contributed by atoms with Gasteiger partial charge in [0.15, 0.2) is 0 Å². The van der Waals surface area contributed by atoms with Crippen LogP contribution in [0.5, 0.6) is 0 Å². The van der Waals surface area contributed by atoms with E-state index in [1.165, 1.54) is 12.1 Å². The molecule has 0 saturated heterocycles. The molecule has 0 saturated carbocycles. The summed E-state index contributed by atoms with van der Waals surface area (Å²) in [4.78, 5) is 10.7. The van der Waals surface area contributed by atoms with Gasteiger partial charge in [-0.25, -0.2) is 0 Å². The number of allylic oxidation sites excluding steroid dienone is 1. The van der Waals surface area contributed by atoms with Crippen molar-refractivity contribution < 1.29 is 9.90 Å². The van der Waals surface area contributed by atoms with Gasteiger partial charge in [0, 0.05) is 11.9 Å². The highest BCUT2D eigenvalue weighted by molar-refractivity contribution is 5.72. The summed E-state index contributed by atoms with van der Waals surface area (Å²) in [5.74, 6) is -1.05. The molecular formula is C16H27NO2. The van der Waals surface area contributed by atoms with Crippen molar-refractivity contribution in [1.82, 2.24) is 4.57 Å². The number of hydrogen-bond acceptors (Lipinski definition) is 1. The standard InChI is InChI=1S/C11H13NO2.C3H8.C2H6/c1-8-3-2-6-12(8)10-5-4-9(7-10)11(13)14;1-3-2;1-2/h2-6,9-10H,7H2,1H3,(H,13,14);3H2,1-2H3;1-2H3/t9-,10+;;/m0../s1. The Morgan fingerprint density at radius 2 is 1.95 bits per heavy atom. The van der Waals surface area contributed by atoms with Gasteiger partial charge in [-0.05, 0) is 25.5 Å². The van der Waals surface area contributed by atoms with E-state index in [1.807, 2.05) is 45.2 Å². The summed E-state index contributed by atoms with van der Waals surface area (Å²) in [5, 5.41) is 8.84. The summed E-state index contributed by atoms with van der Waals surface area (Å²) >= 11 is 0. The number of aryl methyl sites for hydroxylation is 1. The number of aromatic nitrogens is 1. The number of carboxylic acid groups (broad SMARTS) is 1. The van der Waals surface area contributed by atoms with Gasteiger partial charge in [-0.1, -0.05) is 46.3 Å². The lowest BCUT2D eigenvalue weighted by Gasteiger charge is -2.13. The predicted octanol–water partition coefficient (Wildman–Crippen LogP) is 4.44. The van der Waals surface area contributed by atoms with Crippen molar-refractivity contribution in [3.63, 3.8) is 0 Å². The van der Waals surface area contributed by atoms with Crippen molar-refractivity contribution in [3.8, 4) is 0 Å². The monoisotopic (exact) mass is 265 g/mol. The van der Waals surface area contributed by atoms with Gasteiger partial charge in [0.2, 0.25) is 0 Å². The number of carboxylic acids is 1. The molecule has 0 fully saturated rings. The zero-order valence-corrected chi connectivity index (χ0v) is 12.8. The molecule has 0 aliphatic heterocycles. The van der Waals surface area contributed by atoms with Crippen LogP contribution in [0.25, 0.3) is 0 Å². The zero-order valence-electron chi connectivity index (χ0n) is 12.8. The van der Waals surface area contributed by atoms with Crippen molar-refractivity contribution in [1.29, 1.82) is 0 Å². The number of carbonyl (C=O) groups is 1. The molecule has 0 aromatic carbocycles. The highest BCUT2D eigenvalue weighted by Gasteiger charge is 2.25. The fourth-order valence-electron chi connectivity index (χ4n) is 1.92. The normalized spacial score (nSPS) is 20.1. The first-order valence-corrected chi connectivity index (χ1v) is 7.14. The van der Waals surface area contributed by atoms with Gasteiger partial charge in [-0.2, -0.15) is 0 Å². The van der Waals surface area contributed by atoms with Crippen molar-refractivity contribution >= 4 is 5.97 Å². The van der Waals surface area contributed by atoms with E-state index >= 15 is 0 Å². The molecule has 2 rings (SSSR count). The zero-order chi connectivity index (χ0) is 14.8. The predicted molar refractivity (Wildman–Crippen MR) is 80.4 cm³/mol. The molecule has 19 heavy (non-hydrogen) atoms. The van der Waals surface area contributed by atoms with Crippen molar-refractivity contribution in [3.05, 3.63) is 36.2 Å². The van der Waals surface area contributed by atoms with Crippen LogP contribution in [0.4, 0.5) is 0 Å². The van der Waals surface area contributed by atoms with Gasteiger partial charge >= 0.3 is 5.97 Å². The second-order valence-corrected chi connectivity index (χ2v) is 4.40. The van der Waals surface area contributed by atoms with Crippen molar-refractivity contribution in [2.75, 3.05) is 0 Å². The maximum Gasteiger partial charge on any atom is 0.310 e. The molecule has 1 heterocycles. The Bertz CT molecular complexity index is 393. The van der Waals surface area contributed by atoms with E-state index in [9.17, 15) is 4.79 Å². The second kappa shape index (κ2) is 9.42. The molecule has 2 atom stereocenters. The molecule has 0 bridgehead atoms. The molecule has 0 unspecified atom stereocenters. The molecule has 1 N–H and O–H groups in total. The molecular weight excluding hydrogens is 238 g/mol. The van der Waals surface area contributed by atoms with Crippen LogP contribution >= 0.6 is 0 Å². The highest BCUT2D eigenvalue weighted by Crippen LogP contribution is 2.28. The minimum atomic E-state index is -0.728. The van der Waals surface area contributed by atoms with E-state index in [-0.39, 0.29) is 12.0 Å². The number of hydrogen-bond donors (Lipinski definition) is 1. The van der Waals surface area contributed by atoms with E-state index < -0.39 is 5.97 Å². The number of aliphatic carboxylic acids is 1. The van der Waals surface area contributed by atoms with Crippen LogP contribution in [0.3, 0.4) is 0 Å². The first-order valence-electron chi connectivity index (χ1n) is 7.14. The van der Waals surface area contributed by atoms with Gasteiger partial charge < -0.3 is 9.67 Å². The van der Waals surface area contributed by atoms with E-state index in [4.69, 9.17) is 5.11 Å². The molecule has 0 radical (unpaired) electrons. The van der Waals surface area contributed by atoms with Crippen LogP contribution in [0.15, 0.2) is 30.5 Å². The summed E-state index contributed by atoms with van der Waals surface area (Å²) in [6.45, 7) is 10.3. The van der Waals surface area contributed by atoms with E-state index in [0.717, 1.165) is 0 Å². The van der Waals surface area contributed by atoms with Crippen LogP contribution < -0.4 is 0 Å². The molecule has 1 aliphatic carbocycles. The lowest BCUT2D eigenvalue weighted by atomic mass is 10.1. The Morgan fingerprint density at radius 1 is 1.37 bits per heavy atom. The van der Waals surface area contributed by atoms with Crippen LogP contribution in [0.2, 0.25) is 0 Å². The van der Waals surface area contributed by atoms with Gasteiger partial charge in [-0.15, -0.1) is 0 Å². The number of rotatable bonds is 2. The average molecular weight is 265 g/mol. The van der Waals surface area contributed by atoms with Gasteiger partial charge in [0.05, 0.1) is 12.0 Å². The van der Waals surface area contributed by atoms with Gasteiger partial charge in [0.25, 0.3) is 0 Å². The number of nitrogens with zero attached hydrogens (tertiary/aromatic N) is 1. The van der Waals surface area contributed by atoms with Crippen molar-refractivity contribution in [2.24, 2.45) is 5.92 Å². The van der Waals surface area contributed by atoms with Crippen LogP contribution in [-0.2, 0) is 4.79 Å². The minimum absolute atomic E-state index is 0.214. The Kier molecular flexibility index (Phi) is 8.68. The van der Waals surface area contributed by atoms with E-state index in [1.54, 1.807) is 6.08 Å². The molecule has 1 aromatic heterocycles. The van der Waals surface area contributed by atoms with E-state index in [0.29, 0.717) is 6.42 Å². The topological polar surface area (TPSA) is 42.2 Å². The molecule has 3 heteroatoms. The minimum Gasteiger partial charge on any atom is -0.481 e. The van der Waals surface area contributed by atoms with Gasteiger partial charge in [0.1, 0.15) is 0 Å². The second-order valence-electron chi connectivity index (χ2n) is 4.40. The van der Waals surface area contributed by atoms with Crippen LogP contribution in [0.1, 0.15) is 52.3 Å². The summed E-state index contributed by atoms with van der Waals surface area (Å²) in [6.07, 6.45) is 7.68. The fraction of sp³-hybridized carbons (Fsp3) is 0.562. The van der Waals surface area contributed by atoms with Crippen LogP contribution in [-0.4, -0.2) is 15.6 Å². The fourth-order valence-corrected chi connectivity index (χ4v) is 1.92. The Hall–Kier alpha value is -1.51. The third kappa shape index (κ3) is 5.33. The first kappa shape index (κ1) is 17.5. The van der Waals surface area contributed by atoms with E-state index in [2.05, 4.69) is 18.4 Å². The summed E-state index contributed by atoms with van der Waals surface area (Å²) in [5.41, 5.74) is 1.17. The van der Waals surface area contributed by atoms with Crippen LogP contribution in [0, 0.1) is 12.8 Å². The largest absolute Gasteiger partial charge is 0.481 e. The van der Waals surface area contributed by atoms with Crippen molar-refractivity contribution in [2.45, 2.75) is 53.5 Å². The Balaban J connectivity index is 0.000000573. The Morgan fingerprint density at radius 3 is 2.32 bits per heavy atom. The maximum absolute atomic E-state index is 10.7. The third-order valence-corrected chi connectivity index (χ3v) is 2.73. The maximum atomic E-state index is 10.7. The Labute approximate surface area is 117 Å². The molecule has 108 valence electrons. The summed E-state index contributed by atoms with van der Waals surface area (Å²) in [7, 11) is 0. The third-order valence-electron chi connectivity index (χ3n) is 2.73. The quantitative estimate of drug-likeness (QED) is 0.803. The lowest BCUT2D eigenvalue weighted by Crippen LogP contribution is -2.12. The summed E-state index contributed by atoms with van der Waals surface area (Å²) < 4.78 is 2.11. The SMILES string of the molecule is CC.CCC.Cc1cccn1[C@@H]1C=C[C@H](C(=O)O)C1. The molecule has 1 aliphatic rings. The smallest absolute Gasteiger partial charge is 0.310 e. The molecule has 0 amide bonds.